The molecule has 1 heterocycles. The molecular formula is C10H17N5OS. The van der Waals surface area contributed by atoms with Crippen molar-refractivity contribution >= 4 is 22.4 Å². The SMILES string of the molecule is CCN(CCNC(=O)c1nnc(N)s1)C1CC1. The standard InChI is InChI=1S/C10H17N5OS/c1-2-15(7-3-4-7)6-5-12-8(16)9-13-14-10(11)17-9/h7H,2-6H2,1H3,(H2,11,14)(H,12,16). The van der Waals surface area contributed by atoms with E-state index in [2.05, 4.69) is 27.3 Å². The van der Waals surface area contributed by atoms with E-state index >= 15 is 0 Å². The molecule has 7 heteroatoms. The number of rotatable bonds is 6. The van der Waals surface area contributed by atoms with Crippen LogP contribution in [0.15, 0.2) is 0 Å². The fourth-order valence-corrected chi connectivity index (χ4v) is 2.28. The van der Waals surface area contributed by atoms with E-state index in [-0.39, 0.29) is 5.91 Å². The molecule has 3 N–H and O–H groups in total. The van der Waals surface area contributed by atoms with Gasteiger partial charge in [-0.1, -0.05) is 18.3 Å². The Kier molecular flexibility index (Phi) is 3.90. The molecule has 0 unspecified atom stereocenters. The maximum absolute atomic E-state index is 11.6. The molecule has 0 saturated heterocycles. The Morgan fingerprint density at radius 1 is 1.59 bits per heavy atom. The van der Waals surface area contributed by atoms with Crippen molar-refractivity contribution in [2.24, 2.45) is 0 Å². The quantitative estimate of drug-likeness (QED) is 0.765. The molecule has 1 aromatic rings. The van der Waals surface area contributed by atoms with Crippen LogP contribution >= 0.6 is 11.3 Å². The molecule has 0 atom stereocenters. The second-order valence-electron chi connectivity index (χ2n) is 4.06. The lowest BCUT2D eigenvalue weighted by molar-refractivity contribution is 0.0947. The van der Waals surface area contributed by atoms with Gasteiger partial charge in [-0.3, -0.25) is 9.69 Å². The zero-order chi connectivity index (χ0) is 12.3. The van der Waals surface area contributed by atoms with Crippen LogP contribution in [-0.4, -0.2) is 46.7 Å². The van der Waals surface area contributed by atoms with Gasteiger partial charge in [-0.2, -0.15) is 0 Å². The molecule has 1 aromatic heterocycles. The van der Waals surface area contributed by atoms with Gasteiger partial charge in [0, 0.05) is 19.1 Å². The smallest absolute Gasteiger partial charge is 0.282 e. The number of likely N-dealkylation sites (N-methyl/N-ethyl adjacent to an activating group) is 1. The largest absolute Gasteiger partial charge is 0.374 e. The Morgan fingerprint density at radius 3 is 2.88 bits per heavy atom. The van der Waals surface area contributed by atoms with E-state index in [9.17, 15) is 4.79 Å². The number of nitrogens with one attached hydrogen (secondary N) is 1. The van der Waals surface area contributed by atoms with E-state index in [1.165, 1.54) is 12.8 Å². The van der Waals surface area contributed by atoms with Crippen LogP contribution in [0.3, 0.4) is 0 Å². The maximum atomic E-state index is 11.6. The summed E-state index contributed by atoms with van der Waals surface area (Å²) >= 11 is 1.11. The van der Waals surface area contributed by atoms with Crippen molar-refractivity contribution in [3.8, 4) is 0 Å². The third-order valence-electron chi connectivity index (χ3n) is 2.79. The van der Waals surface area contributed by atoms with Crippen molar-refractivity contribution in [1.82, 2.24) is 20.4 Å². The average Bonchev–Trinajstić information content (AvgIpc) is 3.06. The monoisotopic (exact) mass is 255 g/mol. The molecule has 0 spiro atoms. The summed E-state index contributed by atoms with van der Waals surface area (Å²) in [6.45, 7) is 4.71. The van der Waals surface area contributed by atoms with Crippen LogP contribution in [-0.2, 0) is 0 Å². The first-order chi connectivity index (χ1) is 8.20. The summed E-state index contributed by atoms with van der Waals surface area (Å²) in [7, 11) is 0. The summed E-state index contributed by atoms with van der Waals surface area (Å²) in [5.74, 6) is -0.189. The number of nitrogen functional groups attached to an aromatic ring is 1. The van der Waals surface area contributed by atoms with E-state index in [0.717, 1.165) is 30.5 Å². The van der Waals surface area contributed by atoms with Crippen molar-refractivity contribution < 1.29 is 4.79 Å². The van der Waals surface area contributed by atoms with Gasteiger partial charge in [-0.25, -0.2) is 0 Å². The van der Waals surface area contributed by atoms with E-state index < -0.39 is 0 Å². The molecule has 0 radical (unpaired) electrons. The van der Waals surface area contributed by atoms with Gasteiger partial charge in [-0.15, -0.1) is 10.2 Å². The highest BCUT2D eigenvalue weighted by Gasteiger charge is 2.27. The third kappa shape index (κ3) is 3.37. The van der Waals surface area contributed by atoms with Gasteiger partial charge >= 0.3 is 0 Å². The number of hydrogen-bond acceptors (Lipinski definition) is 6. The van der Waals surface area contributed by atoms with Crippen LogP contribution < -0.4 is 11.1 Å². The first-order valence-electron chi connectivity index (χ1n) is 5.82. The lowest BCUT2D eigenvalue weighted by Crippen LogP contribution is -2.36. The fraction of sp³-hybridized carbons (Fsp3) is 0.700. The number of anilines is 1. The predicted molar refractivity (Wildman–Crippen MR) is 66.9 cm³/mol. The van der Waals surface area contributed by atoms with Crippen LogP contribution in [0.2, 0.25) is 0 Å². The van der Waals surface area contributed by atoms with Crippen LogP contribution in [0, 0.1) is 0 Å². The first-order valence-corrected chi connectivity index (χ1v) is 6.63. The van der Waals surface area contributed by atoms with Gasteiger partial charge in [0.25, 0.3) is 5.91 Å². The van der Waals surface area contributed by atoms with Crippen LogP contribution in [0.5, 0.6) is 0 Å². The number of carbonyl (C=O) groups is 1. The van der Waals surface area contributed by atoms with E-state index in [1.54, 1.807) is 0 Å². The Labute approximate surface area is 104 Å². The molecule has 17 heavy (non-hydrogen) atoms. The van der Waals surface area contributed by atoms with E-state index in [4.69, 9.17) is 5.73 Å². The molecule has 2 rings (SSSR count). The first kappa shape index (κ1) is 12.3. The summed E-state index contributed by atoms with van der Waals surface area (Å²) < 4.78 is 0. The lowest BCUT2D eigenvalue weighted by Gasteiger charge is -2.19. The van der Waals surface area contributed by atoms with Crippen molar-refractivity contribution in [1.29, 1.82) is 0 Å². The second-order valence-corrected chi connectivity index (χ2v) is 5.07. The Bertz CT molecular complexity index is 390. The second kappa shape index (κ2) is 5.42. The Hall–Kier alpha value is -1.21. The molecule has 0 bridgehead atoms. The van der Waals surface area contributed by atoms with Gasteiger partial charge in [-0.05, 0) is 19.4 Å². The zero-order valence-corrected chi connectivity index (χ0v) is 10.7. The number of amides is 1. The normalized spacial score (nSPS) is 15.2. The number of carbonyl (C=O) groups excluding carboxylic acids is 1. The number of hydrogen-bond donors (Lipinski definition) is 2. The highest BCUT2D eigenvalue weighted by Crippen LogP contribution is 2.25. The molecule has 1 fully saturated rings. The van der Waals surface area contributed by atoms with Crippen LogP contribution in [0.25, 0.3) is 0 Å². The van der Waals surface area contributed by atoms with Gasteiger partial charge in [0.05, 0.1) is 0 Å². The minimum Gasteiger partial charge on any atom is -0.374 e. The molecule has 6 nitrogen and oxygen atoms in total. The Balaban J connectivity index is 1.72. The van der Waals surface area contributed by atoms with Crippen LogP contribution in [0.4, 0.5) is 5.13 Å². The number of aromatic nitrogens is 2. The summed E-state index contributed by atoms with van der Waals surface area (Å²) in [4.78, 5) is 14.0. The topological polar surface area (TPSA) is 84.1 Å². The summed E-state index contributed by atoms with van der Waals surface area (Å²) in [5, 5.41) is 10.8. The average molecular weight is 255 g/mol. The van der Waals surface area contributed by atoms with Crippen molar-refractivity contribution in [2.45, 2.75) is 25.8 Å². The number of nitrogens with two attached hydrogens (primary N) is 1. The minimum absolute atomic E-state index is 0.189. The van der Waals surface area contributed by atoms with Gasteiger partial charge in [0.1, 0.15) is 0 Å². The predicted octanol–water partition coefficient (Wildman–Crippen LogP) is 0.334. The summed E-state index contributed by atoms with van der Waals surface area (Å²) in [6.07, 6.45) is 2.57. The molecular weight excluding hydrogens is 238 g/mol. The van der Waals surface area contributed by atoms with Gasteiger partial charge < -0.3 is 11.1 Å². The lowest BCUT2D eigenvalue weighted by atomic mass is 10.4. The van der Waals surface area contributed by atoms with Crippen molar-refractivity contribution in [3.63, 3.8) is 0 Å². The summed E-state index contributed by atoms with van der Waals surface area (Å²) in [5.41, 5.74) is 5.42. The Morgan fingerprint density at radius 2 is 2.35 bits per heavy atom. The van der Waals surface area contributed by atoms with Crippen LogP contribution in [0.1, 0.15) is 29.6 Å². The highest BCUT2D eigenvalue weighted by molar-refractivity contribution is 7.16. The third-order valence-corrected chi connectivity index (χ3v) is 3.54. The minimum atomic E-state index is -0.189. The van der Waals surface area contributed by atoms with Gasteiger partial charge in [0.2, 0.25) is 10.1 Å². The molecule has 0 aliphatic heterocycles. The van der Waals surface area contributed by atoms with Gasteiger partial charge in [0.15, 0.2) is 0 Å². The molecule has 1 aliphatic carbocycles. The van der Waals surface area contributed by atoms with Crippen molar-refractivity contribution in [2.75, 3.05) is 25.4 Å². The highest BCUT2D eigenvalue weighted by atomic mass is 32.1. The van der Waals surface area contributed by atoms with E-state index in [0.29, 0.717) is 16.7 Å². The molecule has 0 aromatic carbocycles. The molecule has 1 aliphatic rings. The molecule has 94 valence electrons. The number of nitrogens with zero attached hydrogens (tertiary/aromatic N) is 3. The summed E-state index contributed by atoms with van der Waals surface area (Å²) in [6, 6.07) is 0.731. The molecule has 1 saturated carbocycles. The fourth-order valence-electron chi connectivity index (χ4n) is 1.75. The zero-order valence-electron chi connectivity index (χ0n) is 9.85. The van der Waals surface area contributed by atoms with Crippen molar-refractivity contribution in [3.05, 3.63) is 5.01 Å². The maximum Gasteiger partial charge on any atom is 0.282 e. The van der Waals surface area contributed by atoms with E-state index in [1.807, 2.05) is 0 Å². The molecule has 1 amide bonds.